The van der Waals surface area contributed by atoms with Crippen LogP contribution in [0.5, 0.6) is 0 Å². The molecule has 4 nitrogen and oxygen atoms in total. The van der Waals surface area contributed by atoms with E-state index in [1.165, 1.54) is 6.08 Å². The van der Waals surface area contributed by atoms with Gasteiger partial charge in [-0.05, 0) is 13.0 Å². The third-order valence-electron chi connectivity index (χ3n) is 1.15. The van der Waals surface area contributed by atoms with Gasteiger partial charge in [0, 0.05) is 6.08 Å². The monoisotopic (exact) mass is 151 g/mol. The van der Waals surface area contributed by atoms with Gasteiger partial charge in [-0.2, -0.15) is 0 Å². The standard InChI is InChI=1S/C7H9N3O/c1-5-9-4-6(10-5)2-3-7(8)11/h2-4H,1H3,(H2,8,11)(H,9,10). The minimum absolute atomic E-state index is 0.461. The highest BCUT2D eigenvalue weighted by Gasteiger charge is 1.90. The molecular formula is C7H9N3O. The van der Waals surface area contributed by atoms with Crippen molar-refractivity contribution in [3.05, 3.63) is 23.8 Å². The Labute approximate surface area is 64.1 Å². The fourth-order valence-corrected chi connectivity index (χ4v) is 0.696. The first-order valence-electron chi connectivity index (χ1n) is 3.17. The molecule has 1 amide bonds. The second-order valence-electron chi connectivity index (χ2n) is 2.16. The summed E-state index contributed by atoms with van der Waals surface area (Å²) in [5.74, 6) is 0.353. The number of carbonyl (C=O) groups excluding carboxylic acids is 1. The smallest absolute Gasteiger partial charge is 0.241 e. The molecule has 0 aromatic carbocycles. The SMILES string of the molecule is Cc1ncc(C=CC(N)=O)[nH]1. The number of nitrogens with two attached hydrogens (primary N) is 1. The van der Waals surface area contributed by atoms with Crippen molar-refractivity contribution in [2.75, 3.05) is 0 Å². The fourth-order valence-electron chi connectivity index (χ4n) is 0.696. The molecule has 1 heterocycles. The molecule has 0 bridgehead atoms. The third kappa shape index (κ3) is 2.25. The molecule has 0 saturated heterocycles. The molecule has 0 aliphatic heterocycles. The fraction of sp³-hybridized carbons (Fsp3) is 0.143. The van der Waals surface area contributed by atoms with Crippen LogP contribution in [0.2, 0.25) is 0 Å². The Hall–Kier alpha value is -1.58. The lowest BCUT2D eigenvalue weighted by Crippen LogP contribution is -2.05. The van der Waals surface area contributed by atoms with Crippen LogP contribution in [0, 0.1) is 6.92 Å². The van der Waals surface area contributed by atoms with Gasteiger partial charge < -0.3 is 10.7 Å². The lowest BCUT2D eigenvalue weighted by Gasteiger charge is -1.81. The van der Waals surface area contributed by atoms with E-state index in [9.17, 15) is 4.79 Å². The number of imidazole rings is 1. The van der Waals surface area contributed by atoms with E-state index in [-0.39, 0.29) is 0 Å². The third-order valence-corrected chi connectivity index (χ3v) is 1.15. The zero-order valence-corrected chi connectivity index (χ0v) is 6.16. The van der Waals surface area contributed by atoms with Gasteiger partial charge in [0.1, 0.15) is 5.82 Å². The molecule has 0 spiro atoms. The van der Waals surface area contributed by atoms with Crippen molar-refractivity contribution in [3.63, 3.8) is 0 Å². The summed E-state index contributed by atoms with van der Waals surface area (Å²) in [4.78, 5) is 17.1. The summed E-state index contributed by atoms with van der Waals surface area (Å²) in [7, 11) is 0. The van der Waals surface area contributed by atoms with E-state index in [1.807, 2.05) is 6.92 Å². The molecule has 11 heavy (non-hydrogen) atoms. The second kappa shape index (κ2) is 3.01. The number of primary amides is 1. The molecule has 0 fully saturated rings. The molecule has 1 aromatic heterocycles. The molecule has 1 aromatic rings. The number of aromatic amines is 1. The average Bonchev–Trinajstić information content (AvgIpc) is 2.31. The van der Waals surface area contributed by atoms with Crippen LogP contribution in [-0.4, -0.2) is 15.9 Å². The highest BCUT2D eigenvalue weighted by atomic mass is 16.1. The quantitative estimate of drug-likeness (QED) is 0.593. The van der Waals surface area contributed by atoms with Gasteiger partial charge in [0.15, 0.2) is 0 Å². The topological polar surface area (TPSA) is 71.8 Å². The Morgan fingerprint density at radius 1 is 1.82 bits per heavy atom. The van der Waals surface area contributed by atoms with Gasteiger partial charge in [0.05, 0.1) is 11.9 Å². The number of H-pyrrole nitrogens is 1. The van der Waals surface area contributed by atoms with Crippen LogP contribution in [0.1, 0.15) is 11.5 Å². The molecule has 0 unspecified atom stereocenters. The van der Waals surface area contributed by atoms with E-state index >= 15 is 0 Å². The Bertz CT molecular complexity index is 288. The number of nitrogens with zero attached hydrogens (tertiary/aromatic N) is 1. The summed E-state index contributed by atoms with van der Waals surface area (Å²) in [5.41, 5.74) is 5.67. The lowest BCUT2D eigenvalue weighted by atomic mass is 10.4. The van der Waals surface area contributed by atoms with Crippen molar-refractivity contribution in [1.82, 2.24) is 9.97 Å². The van der Waals surface area contributed by atoms with Gasteiger partial charge in [-0.3, -0.25) is 4.79 Å². The van der Waals surface area contributed by atoms with Crippen LogP contribution in [-0.2, 0) is 4.79 Å². The van der Waals surface area contributed by atoms with Crippen LogP contribution in [0.4, 0.5) is 0 Å². The highest BCUT2D eigenvalue weighted by molar-refractivity contribution is 5.89. The Kier molecular flexibility index (Phi) is 2.06. The van der Waals surface area contributed by atoms with E-state index < -0.39 is 5.91 Å². The van der Waals surface area contributed by atoms with Crippen molar-refractivity contribution in [2.45, 2.75) is 6.92 Å². The number of carbonyl (C=O) groups is 1. The first-order chi connectivity index (χ1) is 5.18. The van der Waals surface area contributed by atoms with Gasteiger partial charge >= 0.3 is 0 Å². The number of amides is 1. The van der Waals surface area contributed by atoms with Crippen LogP contribution in [0.25, 0.3) is 6.08 Å². The van der Waals surface area contributed by atoms with E-state index in [2.05, 4.69) is 9.97 Å². The van der Waals surface area contributed by atoms with Gasteiger partial charge in [0.2, 0.25) is 5.91 Å². The van der Waals surface area contributed by atoms with Crippen molar-refractivity contribution in [2.24, 2.45) is 5.73 Å². The predicted octanol–water partition coefficient (Wildman–Crippen LogP) is 0.217. The summed E-state index contributed by atoms with van der Waals surface area (Å²) in [5, 5.41) is 0. The van der Waals surface area contributed by atoms with Gasteiger partial charge in [-0.1, -0.05) is 0 Å². The van der Waals surface area contributed by atoms with Crippen molar-refractivity contribution < 1.29 is 4.79 Å². The molecule has 0 aliphatic carbocycles. The largest absolute Gasteiger partial charge is 0.366 e. The van der Waals surface area contributed by atoms with Crippen molar-refractivity contribution >= 4 is 12.0 Å². The minimum Gasteiger partial charge on any atom is -0.366 e. The summed E-state index contributed by atoms with van der Waals surface area (Å²) in [6.07, 6.45) is 4.50. The zero-order valence-electron chi connectivity index (χ0n) is 6.16. The molecule has 0 aliphatic rings. The molecule has 4 heteroatoms. The van der Waals surface area contributed by atoms with E-state index in [1.54, 1.807) is 12.3 Å². The van der Waals surface area contributed by atoms with E-state index in [4.69, 9.17) is 5.73 Å². The van der Waals surface area contributed by atoms with E-state index in [0.29, 0.717) is 0 Å². The first-order valence-corrected chi connectivity index (χ1v) is 3.17. The minimum atomic E-state index is -0.461. The Morgan fingerprint density at radius 2 is 2.55 bits per heavy atom. The Morgan fingerprint density at radius 3 is 3.00 bits per heavy atom. The number of nitrogens with one attached hydrogen (secondary N) is 1. The van der Waals surface area contributed by atoms with Crippen LogP contribution < -0.4 is 5.73 Å². The molecule has 3 N–H and O–H groups in total. The van der Waals surface area contributed by atoms with Crippen LogP contribution >= 0.6 is 0 Å². The molecule has 0 atom stereocenters. The number of aromatic nitrogens is 2. The van der Waals surface area contributed by atoms with Crippen molar-refractivity contribution in [1.29, 1.82) is 0 Å². The van der Waals surface area contributed by atoms with E-state index in [0.717, 1.165) is 11.5 Å². The highest BCUT2D eigenvalue weighted by Crippen LogP contribution is 1.97. The van der Waals surface area contributed by atoms with Crippen LogP contribution in [0.3, 0.4) is 0 Å². The molecule has 0 saturated carbocycles. The normalized spacial score (nSPS) is 10.6. The number of aryl methyl sites for hydroxylation is 1. The maximum Gasteiger partial charge on any atom is 0.241 e. The first kappa shape index (κ1) is 7.53. The summed E-state index contributed by atoms with van der Waals surface area (Å²) in [6, 6.07) is 0. The van der Waals surface area contributed by atoms with Gasteiger partial charge in [-0.15, -0.1) is 0 Å². The second-order valence-corrected chi connectivity index (χ2v) is 2.16. The van der Waals surface area contributed by atoms with Gasteiger partial charge in [-0.25, -0.2) is 4.98 Å². The molecular weight excluding hydrogens is 142 g/mol. The Balaban J connectivity index is 2.71. The van der Waals surface area contributed by atoms with Crippen molar-refractivity contribution in [3.8, 4) is 0 Å². The number of hydrogen-bond donors (Lipinski definition) is 2. The average molecular weight is 151 g/mol. The predicted molar refractivity (Wildman–Crippen MR) is 41.6 cm³/mol. The molecule has 0 radical (unpaired) electrons. The number of rotatable bonds is 2. The van der Waals surface area contributed by atoms with Gasteiger partial charge in [0.25, 0.3) is 0 Å². The summed E-state index contributed by atoms with van der Waals surface area (Å²) < 4.78 is 0. The number of hydrogen-bond acceptors (Lipinski definition) is 2. The maximum absolute atomic E-state index is 10.3. The molecule has 1 rings (SSSR count). The molecule has 58 valence electrons. The van der Waals surface area contributed by atoms with Crippen LogP contribution in [0.15, 0.2) is 12.3 Å². The summed E-state index contributed by atoms with van der Waals surface area (Å²) >= 11 is 0. The lowest BCUT2D eigenvalue weighted by molar-refractivity contribution is -0.113. The summed E-state index contributed by atoms with van der Waals surface area (Å²) in [6.45, 7) is 1.83. The maximum atomic E-state index is 10.3. The zero-order chi connectivity index (χ0) is 8.27.